The maximum atomic E-state index is 13.0. The Morgan fingerprint density at radius 1 is 0.967 bits per heavy atom. The SMILES string of the molecule is Cc1nc(N2CCN(C)CC2)nc(C)c1NC(=O)c1cc(-c2ccccc2)nn1C. The largest absolute Gasteiger partial charge is 0.338 e. The van der Waals surface area contributed by atoms with Crippen molar-refractivity contribution in [3.63, 3.8) is 0 Å². The number of nitrogens with one attached hydrogen (secondary N) is 1. The summed E-state index contributed by atoms with van der Waals surface area (Å²) in [5, 5.41) is 7.47. The van der Waals surface area contributed by atoms with Crippen LogP contribution in [-0.2, 0) is 7.05 Å². The Morgan fingerprint density at radius 3 is 2.23 bits per heavy atom. The second-order valence-corrected chi connectivity index (χ2v) is 7.72. The van der Waals surface area contributed by atoms with Gasteiger partial charge in [-0.3, -0.25) is 9.48 Å². The quantitative estimate of drug-likeness (QED) is 0.719. The number of carbonyl (C=O) groups is 1. The topological polar surface area (TPSA) is 79.2 Å². The Bertz CT molecular complexity index is 1030. The molecule has 30 heavy (non-hydrogen) atoms. The minimum atomic E-state index is -0.227. The maximum absolute atomic E-state index is 13.0. The molecule has 0 bridgehead atoms. The van der Waals surface area contributed by atoms with Crippen LogP contribution in [0.1, 0.15) is 21.9 Å². The Labute approximate surface area is 176 Å². The number of anilines is 2. The molecule has 1 fully saturated rings. The number of aromatic nitrogens is 4. The summed E-state index contributed by atoms with van der Waals surface area (Å²) in [7, 11) is 3.89. The molecule has 1 aromatic carbocycles. The lowest BCUT2D eigenvalue weighted by atomic mass is 10.1. The van der Waals surface area contributed by atoms with Gasteiger partial charge in [-0.05, 0) is 27.0 Å². The zero-order chi connectivity index (χ0) is 21.3. The first kappa shape index (κ1) is 20.0. The number of piperazine rings is 1. The first-order valence-corrected chi connectivity index (χ1v) is 10.1. The van der Waals surface area contributed by atoms with Gasteiger partial charge in [-0.15, -0.1) is 0 Å². The molecule has 2 aromatic heterocycles. The molecule has 1 aliphatic heterocycles. The van der Waals surface area contributed by atoms with Gasteiger partial charge >= 0.3 is 0 Å². The fraction of sp³-hybridized carbons (Fsp3) is 0.364. The number of likely N-dealkylation sites (N-methyl/N-ethyl adjacent to an activating group) is 1. The highest BCUT2D eigenvalue weighted by atomic mass is 16.2. The van der Waals surface area contributed by atoms with Gasteiger partial charge in [0.25, 0.3) is 5.91 Å². The lowest BCUT2D eigenvalue weighted by molar-refractivity contribution is 0.101. The Morgan fingerprint density at radius 2 is 1.60 bits per heavy atom. The molecule has 1 amide bonds. The summed E-state index contributed by atoms with van der Waals surface area (Å²) in [4.78, 5) is 26.8. The monoisotopic (exact) mass is 405 g/mol. The van der Waals surface area contributed by atoms with Gasteiger partial charge in [-0.2, -0.15) is 5.10 Å². The molecule has 0 saturated carbocycles. The molecule has 0 spiro atoms. The van der Waals surface area contributed by atoms with Gasteiger partial charge in [0.05, 0.1) is 22.8 Å². The molecule has 8 heteroatoms. The van der Waals surface area contributed by atoms with Crippen molar-refractivity contribution in [2.75, 3.05) is 43.4 Å². The smallest absolute Gasteiger partial charge is 0.274 e. The van der Waals surface area contributed by atoms with Crippen molar-refractivity contribution in [1.29, 1.82) is 0 Å². The molecule has 0 radical (unpaired) electrons. The van der Waals surface area contributed by atoms with Gasteiger partial charge in [0.15, 0.2) is 0 Å². The van der Waals surface area contributed by atoms with E-state index < -0.39 is 0 Å². The van der Waals surface area contributed by atoms with Crippen molar-refractivity contribution >= 4 is 17.5 Å². The molecular weight excluding hydrogens is 378 g/mol. The number of hydrogen-bond acceptors (Lipinski definition) is 6. The van der Waals surface area contributed by atoms with Crippen molar-refractivity contribution in [3.05, 3.63) is 53.5 Å². The number of carbonyl (C=O) groups excluding carboxylic acids is 1. The van der Waals surface area contributed by atoms with Crippen LogP contribution in [0.2, 0.25) is 0 Å². The summed E-state index contributed by atoms with van der Waals surface area (Å²) >= 11 is 0. The molecule has 0 aliphatic carbocycles. The molecule has 1 aliphatic rings. The summed E-state index contributed by atoms with van der Waals surface area (Å²) in [6.45, 7) is 7.59. The molecule has 156 valence electrons. The molecular formula is C22H27N7O. The third kappa shape index (κ3) is 4.04. The summed E-state index contributed by atoms with van der Waals surface area (Å²) < 4.78 is 1.60. The predicted molar refractivity (Wildman–Crippen MR) is 118 cm³/mol. The van der Waals surface area contributed by atoms with Crippen LogP contribution in [-0.4, -0.2) is 63.8 Å². The Hall–Kier alpha value is -3.26. The van der Waals surface area contributed by atoms with Gasteiger partial charge in [0.2, 0.25) is 5.95 Å². The van der Waals surface area contributed by atoms with Gasteiger partial charge in [-0.1, -0.05) is 30.3 Å². The van der Waals surface area contributed by atoms with Gasteiger partial charge in [0.1, 0.15) is 5.69 Å². The molecule has 0 unspecified atom stereocenters. The van der Waals surface area contributed by atoms with E-state index in [2.05, 4.69) is 37.2 Å². The van der Waals surface area contributed by atoms with E-state index in [-0.39, 0.29) is 5.91 Å². The van der Waals surface area contributed by atoms with Crippen LogP contribution in [0, 0.1) is 13.8 Å². The number of aryl methyl sites for hydroxylation is 3. The van der Waals surface area contributed by atoms with Crippen LogP contribution in [0.3, 0.4) is 0 Å². The lowest BCUT2D eigenvalue weighted by Gasteiger charge is -2.32. The van der Waals surface area contributed by atoms with E-state index in [9.17, 15) is 4.79 Å². The van der Waals surface area contributed by atoms with Crippen molar-refractivity contribution in [2.24, 2.45) is 7.05 Å². The molecule has 8 nitrogen and oxygen atoms in total. The number of benzene rings is 1. The highest BCUT2D eigenvalue weighted by Gasteiger charge is 2.21. The van der Waals surface area contributed by atoms with Gasteiger partial charge in [0, 0.05) is 38.8 Å². The van der Waals surface area contributed by atoms with E-state index in [1.807, 2.05) is 44.2 Å². The highest BCUT2D eigenvalue weighted by molar-refractivity contribution is 6.04. The number of amides is 1. The summed E-state index contributed by atoms with van der Waals surface area (Å²) in [6.07, 6.45) is 0. The number of hydrogen-bond donors (Lipinski definition) is 1. The van der Waals surface area contributed by atoms with Crippen LogP contribution in [0.4, 0.5) is 11.6 Å². The van der Waals surface area contributed by atoms with E-state index in [1.54, 1.807) is 17.8 Å². The van der Waals surface area contributed by atoms with Crippen molar-refractivity contribution in [1.82, 2.24) is 24.6 Å². The van der Waals surface area contributed by atoms with Crippen LogP contribution in [0.15, 0.2) is 36.4 Å². The van der Waals surface area contributed by atoms with Crippen molar-refractivity contribution in [2.45, 2.75) is 13.8 Å². The number of nitrogens with zero attached hydrogens (tertiary/aromatic N) is 6. The second kappa shape index (κ2) is 8.23. The third-order valence-corrected chi connectivity index (χ3v) is 5.47. The minimum absolute atomic E-state index is 0.227. The first-order chi connectivity index (χ1) is 14.4. The third-order valence-electron chi connectivity index (χ3n) is 5.47. The zero-order valence-corrected chi connectivity index (χ0v) is 17.9. The van der Waals surface area contributed by atoms with E-state index in [0.29, 0.717) is 11.4 Å². The van der Waals surface area contributed by atoms with E-state index >= 15 is 0 Å². The van der Waals surface area contributed by atoms with E-state index in [4.69, 9.17) is 0 Å². The average molecular weight is 406 g/mol. The molecule has 0 atom stereocenters. The highest BCUT2D eigenvalue weighted by Crippen LogP contribution is 2.23. The fourth-order valence-corrected chi connectivity index (χ4v) is 3.63. The normalized spacial score (nSPS) is 14.7. The fourth-order valence-electron chi connectivity index (χ4n) is 3.63. The Balaban J connectivity index is 1.54. The van der Waals surface area contributed by atoms with Crippen molar-refractivity contribution < 1.29 is 4.79 Å². The molecule has 1 saturated heterocycles. The molecule has 3 heterocycles. The average Bonchev–Trinajstić information content (AvgIpc) is 3.13. The van der Waals surface area contributed by atoms with Crippen LogP contribution in [0.25, 0.3) is 11.3 Å². The van der Waals surface area contributed by atoms with Gasteiger partial charge in [-0.25, -0.2) is 9.97 Å². The summed E-state index contributed by atoms with van der Waals surface area (Å²) in [5.41, 5.74) is 4.39. The van der Waals surface area contributed by atoms with Crippen molar-refractivity contribution in [3.8, 4) is 11.3 Å². The maximum Gasteiger partial charge on any atom is 0.274 e. The Kier molecular flexibility index (Phi) is 5.50. The molecule has 3 aromatic rings. The van der Waals surface area contributed by atoms with Gasteiger partial charge < -0.3 is 15.1 Å². The molecule has 4 rings (SSSR count). The standard InChI is InChI=1S/C22H27N7O/c1-15-20(16(2)24-22(23-15)29-12-10-27(3)11-13-29)25-21(30)19-14-18(26-28(19)4)17-8-6-5-7-9-17/h5-9,14H,10-13H2,1-4H3,(H,25,30). The van der Waals surface area contributed by atoms with Crippen LogP contribution >= 0.6 is 0 Å². The summed E-state index contributed by atoms with van der Waals surface area (Å²) in [5.74, 6) is 0.498. The van der Waals surface area contributed by atoms with E-state index in [0.717, 1.165) is 54.8 Å². The first-order valence-electron chi connectivity index (χ1n) is 10.1. The van der Waals surface area contributed by atoms with Crippen LogP contribution < -0.4 is 10.2 Å². The second-order valence-electron chi connectivity index (χ2n) is 7.72. The minimum Gasteiger partial charge on any atom is -0.338 e. The van der Waals surface area contributed by atoms with Crippen LogP contribution in [0.5, 0.6) is 0 Å². The lowest BCUT2D eigenvalue weighted by Crippen LogP contribution is -2.45. The number of rotatable bonds is 4. The van der Waals surface area contributed by atoms with E-state index in [1.165, 1.54) is 0 Å². The zero-order valence-electron chi connectivity index (χ0n) is 17.9. The summed E-state index contributed by atoms with van der Waals surface area (Å²) in [6, 6.07) is 11.6. The predicted octanol–water partition coefficient (Wildman–Crippen LogP) is 2.50. The molecule has 1 N–H and O–H groups in total.